The maximum absolute atomic E-state index is 11.4. The van der Waals surface area contributed by atoms with Crippen molar-refractivity contribution in [3.8, 4) is 0 Å². The second kappa shape index (κ2) is 5.82. The van der Waals surface area contributed by atoms with Crippen LogP contribution in [0.2, 0.25) is 0 Å². The van der Waals surface area contributed by atoms with Gasteiger partial charge < -0.3 is 5.32 Å². The highest BCUT2D eigenvalue weighted by Crippen LogP contribution is 2.18. The van der Waals surface area contributed by atoms with Crippen molar-refractivity contribution in [3.05, 3.63) is 0 Å². The van der Waals surface area contributed by atoms with Crippen molar-refractivity contribution < 1.29 is 13.2 Å². The molecule has 1 fully saturated rings. The molecule has 1 N–H and O–H groups in total. The van der Waals surface area contributed by atoms with Gasteiger partial charge in [0.2, 0.25) is 15.9 Å². The third kappa shape index (κ3) is 4.63. The van der Waals surface area contributed by atoms with Gasteiger partial charge in [-0.25, -0.2) is 12.7 Å². The maximum atomic E-state index is 11.4. The first-order chi connectivity index (χ1) is 7.80. The van der Waals surface area contributed by atoms with Gasteiger partial charge in [0.25, 0.3) is 0 Å². The molecule has 17 heavy (non-hydrogen) atoms. The van der Waals surface area contributed by atoms with Crippen molar-refractivity contribution in [3.63, 3.8) is 0 Å². The molecule has 0 radical (unpaired) electrons. The van der Waals surface area contributed by atoms with E-state index in [1.165, 1.54) is 10.6 Å². The average molecular weight is 262 g/mol. The van der Waals surface area contributed by atoms with Gasteiger partial charge in [-0.2, -0.15) is 0 Å². The Labute approximate surface area is 104 Å². The van der Waals surface area contributed by atoms with E-state index in [-0.39, 0.29) is 11.8 Å². The molecule has 1 aliphatic heterocycles. The number of hydrogen-bond acceptors (Lipinski definition) is 3. The molecule has 0 unspecified atom stereocenters. The summed E-state index contributed by atoms with van der Waals surface area (Å²) in [6.45, 7) is 5.53. The second-order valence-electron chi connectivity index (χ2n) is 5.01. The van der Waals surface area contributed by atoms with E-state index in [0.29, 0.717) is 25.6 Å². The molecule has 0 bridgehead atoms. The van der Waals surface area contributed by atoms with Crippen LogP contribution in [0.5, 0.6) is 0 Å². The normalized spacial score (nSPS) is 19.5. The molecule has 5 nitrogen and oxygen atoms in total. The first-order valence-electron chi connectivity index (χ1n) is 6.03. The number of sulfonamides is 1. The van der Waals surface area contributed by atoms with Gasteiger partial charge in [-0.05, 0) is 18.8 Å². The molecule has 1 rings (SSSR count). The summed E-state index contributed by atoms with van der Waals surface area (Å²) in [7, 11) is -3.05. The molecular weight excluding hydrogens is 240 g/mol. The fourth-order valence-electron chi connectivity index (χ4n) is 1.89. The second-order valence-corrected chi connectivity index (χ2v) is 6.99. The first-order valence-corrected chi connectivity index (χ1v) is 7.88. The molecule has 6 heteroatoms. The quantitative estimate of drug-likeness (QED) is 0.799. The van der Waals surface area contributed by atoms with Crippen molar-refractivity contribution in [2.75, 3.05) is 25.9 Å². The Morgan fingerprint density at radius 1 is 1.35 bits per heavy atom. The summed E-state index contributed by atoms with van der Waals surface area (Å²) < 4.78 is 24.1. The van der Waals surface area contributed by atoms with E-state index in [1.807, 2.05) is 13.8 Å². The number of nitrogens with zero attached hydrogens (tertiary/aromatic N) is 1. The summed E-state index contributed by atoms with van der Waals surface area (Å²) in [5, 5.41) is 2.90. The van der Waals surface area contributed by atoms with Crippen LogP contribution in [-0.4, -0.2) is 44.5 Å². The third-order valence-electron chi connectivity index (χ3n) is 3.13. The molecule has 0 aromatic carbocycles. The predicted molar refractivity (Wildman–Crippen MR) is 67.0 cm³/mol. The Morgan fingerprint density at radius 3 is 2.29 bits per heavy atom. The highest BCUT2D eigenvalue weighted by atomic mass is 32.2. The zero-order chi connectivity index (χ0) is 13.1. The molecular formula is C11H22N2O3S. The lowest BCUT2D eigenvalue weighted by atomic mass is 9.98. The third-order valence-corrected chi connectivity index (χ3v) is 4.44. The number of piperidine rings is 1. The lowest BCUT2D eigenvalue weighted by Gasteiger charge is -2.30. The number of rotatable bonds is 4. The Hall–Kier alpha value is -0.620. The molecule has 0 aromatic heterocycles. The fraction of sp³-hybridized carbons (Fsp3) is 0.909. The zero-order valence-electron chi connectivity index (χ0n) is 10.8. The van der Waals surface area contributed by atoms with E-state index in [2.05, 4.69) is 5.32 Å². The average Bonchev–Trinajstić information content (AvgIpc) is 2.25. The molecule has 1 heterocycles. The van der Waals surface area contributed by atoms with Crippen molar-refractivity contribution in [1.82, 2.24) is 9.62 Å². The maximum Gasteiger partial charge on any atom is 0.222 e. The van der Waals surface area contributed by atoms with Crippen molar-refractivity contribution in [1.29, 1.82) is 0 Å². The Kier molecular flexibility index (Phi) is 4.94. The van der Waals surface area contributed by atoms with Crippen LogP contribution < -0.4 is 5.32 Å². The van der Waals surface area contributed by atoms with Gasteiger partial charge in [0.15, 0.2) is 0 Å². The SMILES string of the molecule is CC(C)C(=O)NCC1CCN(S(C)(=O)=O)CC1. The number of carbonyl (C=O) groups is 1. The van der Waals surface area contributed by atoms with Crippen LogP contribution in [0.15, 0.2) is 0 Å². The molecule has 1 amide bonds. The molecule has 0 saturated carbocycles. The number of nitrogens with one attached hydrogen (secondary N) is 1. The van der Waals surface area contributed by atoms with E-state index in [0.717, 1.165) is 12.8 Å². The Bertz CT molecular complexity index is 357. The van der Waals surface area contributed by atoms with Crippen LogP contribution in [0.3, 0.4) is 0 Å². The standard InChI is InChI=1S/C11H22N2O3S/c1-9(2)11(14)12-8-10-4-6-13(7-5-10)17(3,15)16/h9-10H,4-8H2,1-3H3,(H,12,14). The van der Waals surface area contributed by atoms with E-state index in [4.69, 9.17) is 0 Å². The van der Waals surface area contributed by atoms with Crippen LogP contribution in [-0.2, 0) is 14.8 Å². The van der Waals surface area contributed by atoms with Crippen molar-refractivity contribution in [2.45, 2.75) is 26.7 Å². The minimum atomic E-state index is -3.05. The largest absolute Gasteiger partial charge is 0.356 e. The highest BCUT2D eigenvalue weighted by Gasteiger charge is 2.25. The highest BCUT2D eigenvalue weighted by molar-refractivity contribution is 7.88. The lowest BCUT2D eigenvalue weighted by Crippen LogP contribution is -2.41. The zero-order valence-corrected chi connectivity index (χ0v) is 11.6. The monoisotopic (exact) mass is 262 g/mol. The van der Waals surface area contributed by atoms with Gasteiger partial charge in [0.1, 0.15) is 0 Å². The van der Waals surface area contributed by atoms with Gasteiger partial charge in [0.05, 0.1) is 6.26 Å². The van der Waals surface area contributed by atoms with Crippen molar-refractivity contribution in [2.24, 2.45) is 11.8 Å². The van der Waals surface area contributed by atoms with E-state index < -0.39 is 10.0 Å². The van der Waals surface area contributed by atoms with E-state index in [9.17, 15) is 13.2 Å². The lowest BCUT2D eigenvalue weighted by molar-refractivity contribution is -0.124. The molecule has 0 aliphatic carbocycles. The Balaban J connectivity index is 2.31. The summed E-state index contributed by atoms with van der Waals surface area (Å²) in [6, 6.07) is 0. The van der Waals surface area contributed by atoms with Gasteiger partial charge >= 0.3 is 0 Å². The molecule has 0 atom stereocenters. The van der Waals surface area contributed by atoms with Crippen LogP contribution in [0.4, 0.5) is 0 Å². The molecule has 0 spiro atoms. The molecule has 1 saturated heterocycles. The molecule has 100 valence electrons. The van der Waals surface area contributed by atoms with Crippen LogP contribution in [0.25, 0.3) is 0 Å². The topological polar surface area (TPSA) is 66.5 Å². The van der Waals surface area contributed by atoms with E-state index in [1.54, 1.807) is 0 Å². The minimum absolute atomic E-state index is 0.00566. The summed E-state index contributed by atoms with van der Waals surface area (Å²) in [5.41, 5.74) is 0. The summed E-state index contributed by atoms with van der Waals surface area (Å²) >= 11 is 0. The number of hydrogen-bond donors (Lipinski definition) is 1. The fourth-order valence-corrected chi connectivity index (χ4v) is 2.77. The first kappa shape index (κ1) is 14.4. The van der Waals surface area contributed by atoms with Gasteiger partial charge in [-0.3, -0.25) is 4.79 Å². The summed E-state index contributed by atoms with van der Waals surface area (Å²) in [5.74, 6) is 0.470. The van der Waals surface area contributed by atoms with Gasteiger partial charge in [-0.15, -0.1) is 0 Å². The summed E-state index contributed by atoms with van der Waals surface area (Å²) in [6.07, 6.45) is 2.89. The number of carbonyl (C=O) groups excluding carboxylic acids is 1. The molecule has 1 aliphatic rings. The van der Waals surface area contributed by atoms with E-state index >= 15 is 0 Å². The van der Waals surface area contributed by atoms with Gasteiger partial charge in [0, 0.05) is 25.6 Å². The molecule has 0 aromatic rings. The van der Waals surface area contributed by atoms with Crippen LogP contribution in [0.1, 0.15) is 26.7 Å². The summed E-state index contributed by atoms with van der Waals surface area (Å²) in [4.78, 5) is 11.4. The minimum Gasteiger partial charge on any atom is -0.356 e. The van der Waals surface area contributed by atoms with Crippen LogP contribution >= 0.6 is 0 Å². The van der Waals surface area contributed by atoms with Crippen molar-refractivity contribution >= 4 is 15.9 Å². The number of amides is 1. The predicted octanol–water partition coefficient (Wildman–Crippen LogP) is 0.430. The smallest absolute Gasteiger partial charge is 0.222 e. The van der Waals surface area contributed by atoms with Crippen LogP contribution in [0, 0.1) is 11.8 Å². The van der Waals surface area contributed by atoms with Gasteiger partial charge in [-0.1, -0.05) is 13.8 Å². The Morgan fingerprint density at radius 2 is 1.88 bits per heavy atom.